The maximum absolute atomic E-state index is 11.2. The summed E-state index contributed by atoms with van der Waals surface area (Å²) in [7, 11) is 0. The number of aromatic carboxylic acids is 2. The number of hydrogen-bond acceptors (Lipinski definition) is 6. The SMILES string of the molecule is C.C.O=C(O)c1cccc([N+](=O)[O-])c1Cc1ccccc1Cl.O=C(O)c1cccc2nc3cccc(Cl)c3nc12. The second kappa shape index (κ2) is 13.5. The van der Waals surface area contributed by atoms with Crippen molar-refractivity contribution < 1.29 is 24.7 Å². The number of nitro benzene ring substituents is 1. The number of carbonyl (C=O) groups is 2. The summed E-state index contributed by atoms with van der Waals surface area (Å²) in [5, 5.41) is 30.2. The lowest BCUT2D eigenvalue weighted by atomic mass is 9.98. The highest BCUT2D eigenvalue weighted by molar-refractivity contribution is 6.35. The van der Waals surface area contributed by atoms with Crippen LogP contribution in [0.5, 0.6) is 0 Å². The Labute approximate surface area is 239 Å². The molecule has 0 aliphatic heterocycles. The van der Waals surface area contributed by atoms with Crippen LogP contribution in [0.1, 0.15) is 46.7 Å². The smallest absolute Gasteiger partial charge is 0.337 e. The van der Waals surface area contributed by atoms with Crippen LogP contribution in [-0.4, -0.2) is 37.0 Å². The molecule has 1 heterocycles. The fourth-order valence-corrected chi connectivity index (χ4v) is 4.24. The molecule has 11 heteroatoms. The molecular weight excluding hydrogens is 557 g/mol. The number of para-hydroxylation sites is 2. The number of rotatable bonds is 5. The normalized spacial score (nSPS) is 10.1. The van der Waals surface area contributed by atoms with Gasteiger partial charge in [-0.1, -0.05) is 74.5 Å². The van der Waals surface area contributed by atoms with Gasteiger partial charge in [-0.3, -0.25) is 10.1 Å². The van der Waals surface area contributed by atoms with Crippen LogP contribution in [0.3, 0.4) is 0 Å². The van der Waals surface area contributed by atoms with Gasteiger partial charge in [-0.2, -0.15) is 0 Å². The summed E-state index contributed by atoms with van der Waals surface area (Å²) in [5.74, 6) is -2.22. The van der Waals surface area contributed by atoms with Gasteiger partial charge in [0.15, 0.2) is 0 Å². The molecule has 5 aromatic rings. The van der Waals surface area contributed by atoms with Gasteiger partial charge in [-0.15, -0.1) is 0 Å². The van der Waals surface area contributed by atoms with E-state index in [-0.39, 0.29) is 43.7 Å². The number of benzene rings is 4. The molecule has 2 N–H and O–H groups in total. The fourth-order valence-electron chi connectivity index (χ4n) is 3.82. The van der Waals surface area contributed by atoms with Gasteiger partial charge >= 0.3 is 11.9 Å². The number of fused-ring (bicyclic) bond motifs is 2. The third-order valence-corrected chi connectivity index (χ3v) is 6.25. The van der Waals surface area contributed by atoms with E-state index < -0.39 is 16.9 Å². The maximum atomic E-state index is 11.2. The summed E-state index contributed by atoms with van der Waals surface area (Å²) in [6.07, 6.45) is 0.0957. The van der Waals surface area contributed by atoms with E-state index in [0.29, 0.717) is 37.7 Å². The van der Waals surface area contributed by atoms with Crippen LogP contribution < -0.4 is 0 Å². The van der Waals surface area contributed by atoms with Gasteiger partial charge in [0, 0.05) is 23.1 Å². The Balaban J connectivity index is 0.000000268. The van der Waals surface area contributed by atoms with Crippen molar-refractivity contribution in [1.29, 1.82) is 0 Å². The van der Waals surface area contributed by atoms with Gasteiger partial charge in [-0.05, 0) is 42.0 Å². The van der Waals surface area contributed by atoms with Gasteiger partial charge in [0.25, 0.3) is 5.69 Å². The molecular formula is C29H25Cl2N3O6. The van der Waals surface area contributed by atoms with Gasteiger partial charge in [0.2, 0.25) is 0 Å². The molecule has 0 amide bonds. The lowest BCUT2D eigenvalue weighted by Crippen LogP contribution is -2.06. The van der Waals surface area contributed by atoms with E-state index >= 15 is 0 Å². The quantitative estimate of drug-likeness (QED) is 0.121. The van der Waals surface area contributed by atoms with E-state index in [1.807, 2.05) is 0 Å². The number of nitro groups is 1. The number of nitrogens with zero attached hydrogens (tertiary/aromatic N) is 3. The molecule has 0 radical (unpaired) electrons. The van der Waals surface area contributed by atoms with Crippen LogP contribution in [-0.2, 0) is 6.42 Å². The zero-order valence-electron chi connectivity index (χ0n) is 19.3. The monoisotopic (exact) mass is 581 g/mol. The Morgan fingerprint density at radius 1 is 0.725 bits per heavy atom. The summed E-state index contributed by atoms with van der Waals surface area (Å²) < 4.78 is 0. The first-order valence-corrected chi connectivity index (χ1v) is 11.7. The molecule has 0 aliphatic carbocycles. The van der Waals surface area contributed by atoms with Crippen LogP contribution in [0.15, 0.2) is 78.9 Å². The van der Waals surface area contributed by atoms with Gasteiger partial charge < -0.3 is 10.2 Å². The van der Waals surface area contributed by atoms with Crippen LogP contribution in [0, 0.1) is 10.1 Å². The summed E-state index contributed by atoms with van der Waals surface area (Å²) in [5.41, 5.74) is 2.68. The highest BCUT2D eigenvalue weighted by Crippen LogP contribution is 2.28. The molecule has 0 atom stereocenters. The molecule has 4 aromatic carbocycles. The van der Waals surface area contributed by atoms with Crippen molar-refractivity contribution >= 4 is 62.9 Å². The molecule has 0 unspecified atom stereocenters. The minimum absolute atomic E-state index is 0. The zero-order chi connectivity index (χ0) is 27.4. The van der Waals surface area contributed by atoms with Crippen LogP contribution >= 0.6 is 23.2 Å². The first-order chi connectivity index (χ1) is 18.2. The Morgan fingerprint density at radius 2 is 1.27 bits per heavy atom. The molecule has 0 saturated heterocycles. The molecule has 40 heavy (non-hydrogen) atoms. The molecule has 0 spiro atoms. The lowest BCUT2D eigenvalue weighted by molar-refractivity contribution is -0.385. The average molecular weight is 582 g/mol. The van der Waals surface area contributed by atoms with E-state index in [0.717, 1.165) is 0 Å². The summed E-state index contributed by atoms with van der Waals surface area (Å²) in [6, 6.07) is 21.0. The fraction of sp³-hybridized carbons (Fsp3) is 0.103. The van der Waals surface area contributed by atoms with Crippen molar-refractivity contribution in [1.82, 2.24) is 9.97 Å². The predicted molar refractivity (Wildman–Crippen MR) is 157 cm³/mol. The maximum Gasteiger partial charge on any atom is 0.337 e. The van der Waals surface area contributed by atoms with Crippen molar-refractivity contribution in [2.75, 3.05) is 0 Å². The molecule has 206 valence electrons. The van der Waals surface area contributed by atoms with E-state index in [1.54, 1.807) is 54.6 Å². The third kappa shape index (κ3) is 6.69. The molecule has 0 bridgehead atoms. The summed E-state index contributed by atoms with van der Waals surface area (Å²) >= 11 is 12.1. The van der Waals surface area contributed by atoms with Crippen LogP contribution in [0.4, 0.5) is 5.69 Å². The van der Waals surface area contributed by atoms with E-state index in [4.69, 9.17) is 33.4 Å². The topological polar surface area (TPSA) is 144 Å². The highest BCUT2D eigenvalue weighted by Gasteiger charge is 2.22. The van der Waals surface area contributed by atoms with E-state index in [1.165, 1.54) is 24.3 Å². The van der Waals surface area contributed by atoms with E-state index in [2.05, 4.69) is 9.97 Å². The van der Waals surface area contributed by atoms with Gasteiger partial charge in [-0.25, -0.2) is 19.6 Å². The van der Waals surface area contributed by atoms with Gasteiger partial charge in [0.05, 0.1) is 32.1 Å². The second-order valence-electron chi connectivity index (χ2n) is 7.94. The van der Waals surface area contributed by atoms with Crippen molar-refractivity contribution in [3.05, 3.63) is 121 Å². The first-order valence-electron chi connectivity index (χ1n) is 11.0. The molecule has 0 saturated carbocycles. The number of carboxylic acids is 2. The minimum Gasteiger partial charge on any atom is -0.478 e. The largest absolute Gasteiger partial charge is 0.478 e. The van der Waals surface area contributed by atoms with Crippen molar-refractivity contribution in [3.63, 3.8) is 0 Å². The molecule has 9 nitrogen and oxygen atoms in total. The van der Waals surface area contributed by atoms with E-state index in [9.17, 15) is 19.7 Å². The molecule has 1 aromatic heterocycles. The van der Waals surface area contributed by atoms with Crippen molar-refractivity contribution in [3.8, 4) is 0 Å². The lowest BCUT2D eigenvalue weighted by Gasteiger charge is -2.08. The Hall–Kier alpha value is -4.60. The predicted octanol–water partition coefficient (Wildman–Crippen LogP) is 7.94. The standard InChI is InChI=1S/C14H10ClNO4.C13H7ClN2O2.2CH4/c15-12-6-2-1-4-9(12)8-11-10(14(17)18)5-3-7-13(11)16(19)20;14-8-4-2-6-10-12(8)16-11-7(13(17)18)3-1-5-9(11)15-10;;/h1-7H,8H2,(H,17,18);1-6H,(H,17,18);2*1H4. The number of aromatic nitrogens is 2. The Kier molecular flexibility index (Phi) is 10.6. The molecule has 0 fully saturated rings. The Bertz CT molecular complexity index is 1690. The molecule has 0 aliphatic rings. The Morgan fingerprint density at radius 3 is 1.90 bits per heavy atom. The van der Waals surface area contributed by atoms with Gasteiger partial charge in [0.1, 0.15) is 11.0 Å². The third-order valence-electron chi connectivity index (χ3n) is 5.58. The summed E-state index contributed by atoms with van der Waals surface area (Å²) in [4.78, 5) is 41.5. The van der Waals surface area contributed by atoms with Crippen LogP contribution in [0.2, 0.25) is 10.0 Å². The second-order valence-corrected chi connectivity index (χ2v) is 8.76. The number of carboxylic acid groups (broad SMARTS) is 2. The number of halogens is 2. The van der Waals surface area contributed by atoms with Crippen LogP contribution in [0.25, 0.3) is 22.1 Å². The zero-order valence-corrected chi connectivity index (χ0v) is 20.8. The first kappa shape index (κ1) is 31.6. The molecule has 5 rings (SSSR count). The minimum atomic E-state index is -1.20. The summed E-state index contributed by atoms with van der Waals surface area (Å²) in [6.45, 7) is 0. The number of hydrogen-bond donors (Lipinski definition) is 2. The van der Waals surface area contributed by atoms with Crippen molar-refractivity contribution in [2.24, 2.45) is 0 Å². The van der Waals surface area contributed by atoms with Crippen molar-refractivity contribution in [2.45, 2.75) is 21.3 Å². The average Bonchev–Trinajstić information content (AvgIpc) is 2.89. The highest BCUT2D eigenvalue weighted by atomic mass is 35.5.